The van der Waals surface area contributed by atoms with Crippen molar-refractivity contribution in [2.45, 2.75) is 64.2 Å². The van der Waals surface area contributed by atoms with Gasteiger partial charge in [-0.1, -0.05) is 92.4 Å². The van der Waals surface area contributed by atoms with E-state index in [1.54, 1.807) is 0 Å². The van der Waals surface area contributed by atoms with E-state index in [-0.39, 0.29) is 37.4 Å². The fourth-order valence-corrected chi connectivity index (χ4v) is 6.12. The summed E-state index contributed by atoms with van der Waals surface area (Å²) < 4.78 is 9.74. The Kier molecular flexibility index (Phi) is 19.5. The van der Waals surface area contributed by atoms with Crippen LogP contribution in [0.25, 0.3) is 0 Å². The second-order valence-corrected chi connectivity index (χ2v) is 14.2. The molecule has 0 aliphatic carbocycles. The van der Waals surface area contributed by atoms with Crippen molar-refractivity contribution in [3.05, 3.63) is 156 Å². The van der Waals surface area contributed by atoms with Gasteiger partial charge in [0.1, 0.15) is 18.2 Å². The highest BCUT2D eigenvalue weighted by Gasteiger charge is 2.09. The average molecular weight is 815 g/mol. The highest BCUT2D eigenvalue weighted by Crippen LogP contribution is 2.17. The fraction of sp³-hybridized carbons (Fsp3) is 0.292. The largest absolute Gasteiger partial charge is 0.463 e. The molecule has 0 saturated carbocycles. The first-order valence-corrected chi connectivity index (χ1v) is 20.1. The molecular formula is C48H54N4O8. The van der Waals surface area contributed by atoms with Gasteiger partial charge in [0.05, 0.1) is 13.2 Å². The summed E-state index contributed by atoms with van der Waals surface area (Å²) in [5.41, 5.74) is 7.62. The Balaban J connectivity index is 1.04. The fourth-order valence-electron chi connectivity index (χ4n) is 6.12. The standard InChI is InChI=1S/C48H54N4O8/c1-3-45(55)59-29-8-10-44(54)34-40-17-13-36(14-18-40)31-35-11-15-39(16-12-35)33-43(53)9-6-5-7-27-49-47(57)51-41-23-19-37(20-24-41)32-38-21-25-42(26-22-38)52-48(58)50-28-30-60-46(56)4-2/h3-4,11-26H,1-2,5-10,27-34H2,(H2,49,51,57)(H2,50,52,58). The van der Waals surface area contributed by atoms with E-state index < -0.39 is 18.0 Å². The second-order valence-electron chi connectivity index (χ2n) is 14.2. The number of nitrogens with one attached hydrogen (secondary N) is 4. The van der Waals surface area contributed by atoms with Gasteiger partial charge in [-0.15, -0.1) is 0 Å². The molecule has 4 amide bonds. The predicted octanol–water partition coefficient (Wildman–Crippen LogP) is 7.83. The molecule has 0 fully saturated rings. The lowest BCUT2D eigenvalue weighted by molar-refractivity contribution is -0.138. The first kappa shape index (κ1) is 45.9. The molecule has 0 atom stereocenters. The van der Waals surface area contributed by atoms with E-state index >= 15 is 0 Å². The van der Waals surface area contributed by atoms with E-state index in [2.05, 4.69) is 34.4 Å². The van der Waals surface area contributed by atoms with Crippen LogP contribution in [0.5, 0.6) is 0 Å². The molecular weight excluding hydrogens is 761 g/mol. The molecule has 4 aromatic rings. The van der Waals surface area contributed by atoms with Crippen molar-refractivity contribution in [2.24, 2.45) is 0 Å². The van der Waals surface area contributed by atoms with Crippen molar-refractivity contribution >= 4 is 46.9 Å². The third-order valence-electron chi connectivity index (χ3n) is 9.32. The van der Waals surface area contributed by atoms with Crippen molar-refractivity contribution in [2.75, 3.05) is 36.9 Å². The minimum atomic E-state index is -0.543. The highest BCUT2D eigenvalue weighted by molar-refractivity contribution is 5.90. The Morgan fingerprint density at radius 1 is 0.450 bits per heavy atom. The van der Waals surface area contributed by atoms with Crippen molar-refractivity contribution in [3.63, 3.8) is 0 Å². The molecule has 0 spiro atoms. The Morgan fingerprint density at radius 2 is 0.833 bits per heavy atom. The molecule has 0 aliphatic heterocycles. The van der Waals surface area contributed by atoms with E-state index in [4.69, 9.17) is 9.47 Å². The summed E-state index contributed by atoms with van der Waals surface area (Å²) in [5.74, 6) is -0.733. The summed E-state index contributed by atoms with van der Waals surface area (Å²) in [6, 6.07) is 30.5. The molecule has 4 N–H and O–H groups in total. The molecule has 0 radical (unpaired) electrons. The van der Waals surface area contributed by atoms with E-state index in [1.807, 2.05) is 97.1 Å². The van der Waals surface area contributed by atoms with Crippen LogP contribution < -0.4 is 21.3 Å². The number of amides is 4. The number of hydrogen-bond acceptors (Lipinski definition) is 8. The van der Waals surface area contributed by atoms with Crippen LogP contribution in [0.4, 0.5) is 21.0 Å². The molecule has 0 bridgehead atoms. The SMILES string of the molecule is C=CC(=O)OCCCC(=O)Cc1ccc(Cc2ccc(CC(=O)CCCCCNC(=O)Nc3ccc(Cc4ccc(NC(=O)NCCOC(=O)C=C)cc4)cc3)cc2)cc1. The van der Waals surface area contributed by atoms with Crippen molar-refractivity contribution in [1.82, 2.24) is 10.6 Å². The number of urea groups is 2. The zero-order valence-electron chi connectivity index (χ0n) is 34.0. The third-order valence-corrected chi connectivity index (χ3v) is 9.32. The van der Waals surface area contributed by atoms with Gasteiger partial charge in [0.15, 0.2) is 0 Å². The zero-order chi connectivity index (χ0) is 43.0. The molecule has 0 aromatic heterocycles. The molecule has 0 saturated heterocycles. The number of unbranched alkanes of at least 4 members (excludes halogenated alkanes) is 2. The summed E-state index contributed by atoms with van der Waals surface area (Å²) >= 11 is 0. The first-order valence-electron chi connectivity index (χ1n) is 20.1. The highest BCUT2D eigenvalue weighted by atomic mass is 16.5. The van der Waals surface area contributed by atoms with Crippen LogP contribution in [-0.2, 0) is 54.3 Å². The number of ketones is 2. The number of carbonyl (C=O) groups excluding carboxylic acids is 6. The monoisotopic (exact) mass is 814 g/mol. The van der Waals surface area contributed by atoms with Gasteiger partial charge >= 0.3 is 24.0 Å². The van der Waals surface area contributed by atoms with Crippen LogP contribution in [-0.4, -0.2) is 61.9 Å². The van der Waals surface area contributed by atoms with Gasteiger partial charge in [-0.3, -0.25) is 9.59 Å². The zero-order valence-corrected chi connectivity index (χ0v) is 34.0. The van der Waals surface area contributed by atoms with E-state index in [9.17, 15) is 28.8 Å². The minimum absolute atomic E-state index is 0.0538. The van der Waals surface area contributed by atoms with Crippen molar-refractivity contribution in [3.8, 4) is 0 Å². The predicted molar refractivity (Wildman–Crippen MR) is 233 cm³/mol. The Bertz CT molecular complexity index is 1900. The van der Waals surface area contributed by atoms with Gasteiger partial charge in [-0.25, -0.2) is 19.2 Å². The van der Waals surface area contributed by atoms with Crippen molar-refractivity contribution < 1.29 is 38.2 Å². The van der Waals surface area contributed by atoms with Crippen LogP contribution in [0.15, 0.2) is 122 Å². The molecule has 4 rings (SSSR count). The smallest absolute Gasteiger partial charge is 0.330 e. The third kappa shape index (κ3) is 18.2. The molecule has 60 heavy (non-hydrogen) atoms. The maximum Gasteiger partial charge on any atom is 0.330 e. The van der Waals surface area contributed by atoms with Gasteiger partial charge in [0.2, 0.25) is 0 Å². The Labute approximate surface area is 351 Å². The lowest BCUT2D eigenvalue weighted by Gasteiger charge is -2.10. The maximum absolute atomic E-state index is 12.6. The molecule has 4 aromatic carbocycles. The summed E-state index contributed by atoms with van der Waals surface area (Å²) in [7, 11) is 0. The normalized spacial score (nSPS) is 10.5. The molecule has 0 unspecified atom stereocenters. The van der Waals surface area contributed by atoms with Crippen molar-refractivity contribution in [1.29, 1.82) is 0 Å². The van der Waals surface area contributed by atoms with Crippen LogP contribution in [0.1, 0.15) is 71.9 Å². The quantitative estimate of drug-likeness (QED) is 0.0298. The van der Waals surface area contributed by atoms with E-state index in [0.717, 1.165) is 71.2 Å². The molecule has 314 valence electrons. The van der Waals surface area contributed by atoms with E-state index in [1.165, 1.54) is 0 Å². The van der Waals surface area contributed by atoms with Crippen LogP contribution in [0, 0.1) is 0 Å². The number of ether oxygens (including phenoxy) is 2. The van der Waals surface area contributed by atoms with Crippen LogP contribution in [0.3, 0.4) is 0 Å². The van der Waals surface area contributed by atoms with Gasteiger partial charge < -0.3 is 30.7 Å². The van der Waals surface area contributed by atoms with Crippen LogP contribution >= 0.6 is 0 Å². The number of carbonyl (C=O) groups is 6. The van der Waals surface area contributed by atoms with Gasteiger partial charge in [-0.05, 0) is 89.8 Å². The lowest BCUT2D eigenvalue weighted by atomic mass is 9.98. The summed E-state index contributed by atoms with van der Waals surface area (Å²) in [6.07, 6.45) is 8.04. The molecule has 0 aliphatic rings. The molecule has 12 nitrogen and oxygen atoms in total. The number of rotatable bonds is 25. The summed E-state index contributed by atoms with van der Waals surface area (Å²) in [6.45, 7) is 7.61. The minimum Gasteiger partial charge on any atom is -0.463 e. The topological polar surface area (TPSA) is 169 Å². The second kappa shape index (κ2) is 25.5. The van der Waals surface area contributed by atoms with Gasteiger partial charge in [0, 0.05) is 55.8 Å². The Morgan fingerprint density at radius 3 is 1.28 bits per heavy atom. The van der Waals surface area contributed by atoms with Crippen LogP contribution in [0.2, 0.25) is 0 Å². The van der Waals surface area contributed by atoms with E-state index in [0.29, 0.717) is 56.4 Å². The van der Waals surface area contributed by atoms with Gasteiger partial charge in [-0.2, -0.15) is 0 Å². The maximum atomic E-state index is 12.6. The Hall–Kier alpha value is -6.82. The lowest BCUT2D eigenvalue weighted by Crippen LogP contribution is -2.31. The molecule has 12 heteroatoms. The van der Waals surface area contributed by atoms with Gasteiger partial charge in [0.25, 0.3) is 0 Å². The number of hydrogen-bond donors (Lipinski definition) is 4. The number of Topliss-reactive ketones (excluding diaryl/α,β-unsaturated/α-hetero) is 2. The molecule has 0 heterocycles. The summed E-state index contributed by atoms with van der Waals surface area (Å²) in [5, 5.41) is 11.1. The average Bonchev–Trinajstić information content (AvgIpc) is 3.25. The number of esters is 2. The summed E-state index contributed by atoms with van der Waals surface area (Å²) in [4.78, 5) is 71.5. The number of benzene rings is 4. The number of anilines is 2. The first-order chi connectivity index (χ1) is 29.1.